The Morgan fingerprint density at radius 2 is 1.67 bits per heavy atom. The van der Waals surface area contributed by atoms with E-state index in [9.17, 15) is 4.79 Å². The Balaban J connectivity index is 1.62. The zero-order valence-electron chi connectivity index (χ0n) is 13.5. The van der Waals surface area contributed by atoms with Gasteiger partial charge in [-0.15, -0.1) is 0 Å². The van der Waals surface area contributed by atoms with Gasteiger partial charge in [-0.1, -0.05) is 41.9 Å². The average Bonchev–Trinajstić information content (AvgIpc) is 2.99. The molecule has 2 aromatic carbocycles. The Labute approximate surface area is 145 Å². The van der Waals surface area contributed by atoms with Crippen molar-refractivity contribution in [3.8, 4) is 0 Å². The van der Waals surface area contributed by atoms with Gasteiger partial charge in [-0.05, 0) is 43.7 Å². The van der Waals surface area contributed by atoms with Crippen LogP contribution >= 0.6 is 11.6 Å². The Morgan fingerprint density at radius 3 is 2.38 bits per heavy atom. The molecule has 3 rings (SSSR count). The lowest BCUT2D eigenvalue weighted by Gasteiger charge is -2.17. The monoisotopic (exact) mass is 342 g/mol. The Morgan fingerprint density at radius 1 is 1.00 bits per heavy atom. The molecule has 0 aliphatic carbocycles. The van der Waals surface area contributed by atoms with Crippen LogP contribution in [-0.2, 0) is 0 Å². The molecule has 0 radical (unpaired) electrons. The van der Waals surface area contributed by atoms with Crippen LogP contribution in [0.15, 0.2) is 59.0 Å². The standard InChI is InChI=1S/C19H19ClN2O2/c1-12(14-7-9-16(20)10-8-14)21-19(23)22-13(2)18-11-15-5-3-4-6-17(15)24-18/h3-13H,1-2H3,(H2,21,22,23). The molecule has 0 aliphatic heterocycles. The first-order valence-corrected chi connectivity index (χ1v) is 8.21. The van der Waals surface area contributed by atoms with Gasteiger partial charge in [0.2, 0.25) is 0 Å². The van der Waals surface area contributed by atoms with E-state index in [0.29, 0.717) is 5.02 Å². The van der Waals surface area contributed by atoms with E-state index in [1.54, 1.807) is 0 Å². The van der Waals surface area contributed by atoms with Gasteiger partial charge in [0.05, 0.1) is 12.1 Å². The van der Waals surface area contributed by atoms with Crippen molar-refractivity contribution >= 4 is 28.6 Å². The first-order valence-electron chi connectivity index (χ1n) is 7.84. The number of carbonyl (C=O) groups is 1. The Kier molecular flexibility index (Phi) is 4.76. The third-order valence-corrected chi connectivity index (χ3v) is 4.19. The van der Waals surface area contributed by atoms with E-state index in [1.807, 2.05) is 68.4 Å². The molecule has 0 bridgehead atoms. The molecule has 3 aromatic rings. The minimum atomic E-state index is -0.245. The molecule has 2 N–H and O–H groups in total. The number of hydrogen-bond acceptors (Lipinski definition) is 2. The van der Waals surface area contributed by atoms with Crippen molar-refractivity contribution in [2.45, 2.75) is 25.9 Å². The zero-order valence-corrected chi connectivity index (χ0v) is 14.3. The molecule has 0 fully saturated rings. The van der Waals surface area contributed by atoms with Gasteiger partial charge in [-0.25, -0.2) is 4.79 Å². The van der Waals surface area contributed by atoms with Crippen molar-refractivity contribution in [3.63, 3.8) is 0 Å². The molecule has 0 saturated carbocycles. The first-order chi connectivity index (χ1) is 11.5. The summed E-state index contributed by atoms with van der Waals surface area (Å²) in [7, 11) is 0. The van der Waals surface area contributed by atoms with E-state index in [4.69, 9.17) is 16.0 Å². The van der Waals surface area contributed by atoms with Crippen LogP contribution in [-0.4, -0.2) is 6.03 Å². The maximum absolute atomic E-state index is 12.2. The molecule has 2 atom stereocenters. The molecular formula is C19H19ClN2O2. The number of carbonyl (C=O) groups excluding carboxylic acids is 1. The van der Waals surface area contributed by atoms with Crippen LogP contribution in [0, 0.1) is 0 Å². The van der Waals surface area contributed by atoms with E-state index < -0.39 is 0 Å². The van der Waals surface area contributed by atoms with Crippen LogP contribution in [0.25, 0.3) is 11.0 Å². The van der Waals surface area contributed by atoms with Crippen LogP contribution in [0.4, 0.5) is 4.79 Å². The van der Waals surface area contributed by atoms with Crippen molar-refractivity contribution in [1.29, 1.82) is 0 Å². The molecule has 1 heterocycles. The fourth-order valence-corrected chi connectivity index (χ4v) is 2.68. The van der Waals surface area contributed by atoms with E-state index in [-0.39, 0.29) is 18.1 Å². The topological polar surface area (TPSA) is 54.3 Å². The first kappa shape index (κ1) is 16.4. The minimum absolute atomic E-state index is 0.120. The number of fused-ring (bicyclic) bond motifs is 1. The summed E-state index contributed by atoms with van der Waals surface area (Å²) in [4.78, 5) is 12.2. The summed E-state index contributed by atoms with van der Waals surface area (Å²) in [5, 5.41) is 7.51. The Hall–Kier alpha value is -2.46. The summed E-state index contributed by atoms with van der Waals surface area (Å²) < 4.78 is 5.78. The van der Waals surface area contributed by atoms with E-state index in [2.05, 4.69) is 10.6 Å². The average molecular weight is 343 g/mol. The number of benzene rings is 2. The highest BCUT2D eigenvalue weighted by Crippen LogP contribution is 2.23. The second kappa shape index (κ2) is 6.97. The highest BCUT2D eigenvalue weighted by atomic mass is 35.5. The summed E-state index contributed by atoms with van der Waals surface area (Å²) in [6.45, 7) is 3.82. The van der Waals surface area contributed by atoms with Crippen molar-refractivity contribution in [2.24, 2.45) is 0 Å². The lowest BCUT2D eigenvalue weighted by atomic mass is 10.1. The number of urea groups is 1. The number of halogens is 1. The smallest absolute Gasteiger partial charge is 0.315 e. The lowest BCUT2D eigenvalue weighted by Crippen LogP contribution is -2.38. The molecule has 4 nitrogen and oxygen atoms in total. The van der Waals surface area contributed by atoms with Gasteiger partial charge in [0.15, 0.2) is 0 Å². The normalized spacial score (nSPS) is 13.5. The second-order valence-corrected chi connectivity index (χ2v) is 6.24. The number of furan rings is 1. The summed E-state index contributed by atoms with van der Waals surface area (Å²) in [5.74, 6) is 0.727. The van der Waals surface area contributed by atoms with E-state index in [0.717, 1.165) is 22.3 Å². The molecule has 124 valence electrons. The number of hydrogen-bond donors (Lipinski definition) is 2. The second-order valence-electron chi connectivity index (χ2n) is 5.80. The maximum atomic E-state index is 12.2. The third-order valence-electron chi connectivity index (χ3n) is 3.94. The fourth-order valence-electron chi connectivity index (χ4n) is 2.56. The van der Waals surface area contributed by atoms with E-state index in [1.165, 1.54) is 0 Å². The fraction of sp³-hybridized carbons (Fsp3) is 0.211. The third kappa shape index (κ3) is 3.71. The number of amides is 2. The van der Waals surface area contributed by atoms with Gasteiger partial charge in [0.25, 0.3) is 0 Å². The predicted octanol–water partition coefficient (Wildman–Crippen LogP) is 5.21. The number of para-hydroxylation sites is 1. The van der Waals surface area contributed by atoms with Gasteiger partial charge in [-0.3, -0.25) is 0 Å². The van der Waals surface area contributed by atoms with Crippen LogP contribution < -0.4 is 10.6 Å². The number of nitrogens with one attached hydrogen (secondary N) is 2. The molecule has 0 saturated heterocycles. The maximum Gasteiger partial charge on any atom is 0.315 e. The lowest BCUT2D eigenvalue weighted by molar-refractivity contribution is 0.233. The summed E-state index contributed by atoms with van der Waals surface area (Å²) >= 11 is 5.88. The minimum Gasteiger partial charge on any atom is -0.459 e. The van der Waals surface area contributed by atoms with Gasteiger partial charge in [0, 0.05) is 10.4 Å². The largest absolute Gasteiger partial charge is 0.459 e. The van der Waals surface area contributed by atoms with Crippen LogP contribution in [0.1, 0.15) is 37.3 Å². The highest BCUT2D eigenvalue weighted by Gasteiger charge is 2.16. The summed E-state index contributed by atoms with van der Waals surface area (Å²) in [5.41, 5.74) is 1.81. The van der Waals surface area contributed by atoms with Gasteiger partial charge < -0.3 is 15.1 Å². The molecule has 0 spiro atoms. The molecule has 2 unspecified atom stereocenters. The molecule has 24 heavy (non-hydrogen) atoms. The van der Waals surface area contributed by atoms with E-state index >= 15 is 0 Å². The zero-order chi connectivity index (χ0) is 17.1. The van der Waals surface area contributed by atoms with Gasteiger partial charge in [-0.2, -0.15) is 0 Å². The SMILES string of the molecule is CC(NC(=O)NC(C)c1cc2ccccc2o1)c1ccc(Cl)cc1. The Bertz CT molecular complexity index is 809. The molecule has 1 aromatic heterocycles. The van der Waals surface area contributed by atoms with Gasteiger partial charge >= 0.3 is 6.03 Å². The summed E-state index contributed by atoms with van der Waals surface area (Å²) in [6.07, 6.45) is 0. The predicted molar refractivity (Wildman–Crippen MR) is 96.2 cm³/mol. The quantitative estimate of drug-likeness (QED) is 0.684. The van der Waals surface area contributed by atoms with Crippen molar-refractivity contribution in [1.82, 2.24) is 10.6 Å². The molecule has 2 amide bonds. The molecule has 0 aliphatic rings. The highest BCUT2D eigenvalue weighted by molar-refractivity contribution is 6.30. The van der Waals surface area contributed by atoms with Crippen LogP contribution in [0.2, 0.25) is 5.02 Å². The van der Waals surface area contributed by atoms with Crippen LogP contribution in [0.5, 0.6) is 0 Å². The molecule has 5 heteroatoms. The van der Waals surface area contributed by atoms with Crippen molar-refractivity contribution in [2.75, 3.05) is 0 Å². The van der Waals surface area contributed by atoms with Gasteiger partial charge in [0.1, 0.15) is 11.3 Å². The van der Waals surface area contributed by atoms with Crippen molar-refractivity contribution in [3.05, 3.63) is 70.9 Å². The number of rotatable bonds is 4. The molecular weight excluding hydrogens is 324 g/mol. The summed E-state index contributed by atoms with van der Waals surface area (Å²) in [6, 6.07) is 16.5. The van der Waals surface area contributed by atoms with Crippen molar-refractivity contribution < 1.29 is 9.21 Å². The van der Waals surface area contributed by atoms with Crippen LogP contribution in [0.3, 0.4) is 0 Å².